The lowest BCUT2D eigenvalue weighted by atomic mass is 10.2. The fourth-order valence-electron chi connectivity index (χ4n) is 2.56. The number of benzene rings is 1. The first kappa shape index (κ1) is 19.5. The molecule has 0 aliphatic heterocycles. The molecule has 1 aromatic carbocycles. The molecule has 1 aliphatic carbocycles. The summed E-state index contributed by atoms with van der Waals surface area (Å²) in [6.07, 6.45) is 6.46. The van der Waals surface area contributed by atoms with Crippen molar-refractivity contribution >= 4 is 22.0 Å². The van der Waals surface area contributed by atoms with Crippen LogP contribution in [0.2, 0.25) is 0 Å². The van der Waals surface area contributed by atoms with E-state index in [1.165, 1.54) is 39.1 Å². The summed E-state index contributed by atoms with van der Waals surface area (Å²) in [5.74, 6) is 0.860. The van der Waals surface area contributed by atoms with Gasteiger partial charge < -0.3 is 9.64 Å². The van der Waals surface area contributed by atoms with Crippen molar-refractivity contribution < 1.29 is 17.9 Å². The molecule has 2 rings (SSSR count). The molecule has 0 spiro atoms. The average Bonchev–Trinajstić information content (AvgIpc) is 3.43. The summed E-state index contributed by atoms with van der Waals surface area (Å²) in [6.45, 7) is 3.59. The number of nitrogens with zero attached hydrogens (tertiary/aromatic N) is 1. The number of hydrogen-bond donors (Lipinski definition) is 1. The predicted octanol–water partition coefficient (Wildman–Crippen LogP) is 2.27. The maximum Gasteiger partial charge on any atom is 0.246 e. The Kier molecular flexibility index (Phi) is 6.61. The maximum atomic E-state index is 12.4. The molecule has 138 valence electrons. The van der Waals surface area contributed by atoms with Gasteiger partial charge in [0.1, 0.15) is 10.6 Å². The van der Waals surface area contributed by atoms with Gasteiger partial charge in [0.15, 0.2) is 0 Å². The molecule has 1 aliphatic rings. The van der Waals surface area contributed by atoms with Crippen LogP contribution in [0.1, 0.15) is 31.7 Å². The van der Waals surface area contributed by atoms with Crippen LogP contribution in [0.4, 0.5) is 0 Å². The van der Waals surface area contributed by atoms with Crippen LogP contribution in [0.25, 0.3) is 6.08 Å². The first-order valence-electron chi connectivity index (χ1n) is 8.49. The van der Waals surface area contributed by atoms with Crippen molar-refractivity contribution in [1.29, 1.82) is 0 Å². The summed E-state index contributed by atoms with van der Waals surface area (Å²) < 4.78 is 31.6. The van der Waals surface area contributed by atoms with E-state index in [0.717, 1.165) is 19.5 Å². The lowest BCUT2D eigenvalue weighted by Gasteiger charge is -2.20. The zero-order chi connectivity index (χ0) is 18.4. The van der Waals surface area contributed by atoms with Crippen molar-refractivity contribution in [2.24, 2.45) is 5.92 Å². The Labute approximate surface area is 149 Å². The molecule has 1 N–H and O–H groups in total. The molecular formula is C18H26N2O4S. The number of hydrogen-bond acceptors (Lipinski definition) is 4. The molecule has 25 heavy (non-hydrogen) atoms. The van der Waals surface area contributed by atoms with Crippen LogP contribution in [-0.4, -0.2) is 46.5 Å². The van der Waals surface area contributed by atoms with E-state index in [2.05, 4.69) is 11.6 Å². The minimum absolute atomic E-state index is 0.0393. The molecule has 1 fully saturated rings. The molecule has 6 nitrogen and oxygen atoms in total. The van der Waals surface area contributed by atoms with Gasteiger partial charge in [-0.05, 0) is 56.0 Å². The van der Waals surface area contributed by atoms with Crippen LogP contribution in [-0.2, 0) is 14.8 Å². The summed E-state index contributed by atoms with van der Waals surface area (Å²) in [7, 11) is -0.870. The minimum Gasteiger partial charge on any atom is -0.495 e. The van der Waals surface area contributed by atoms with E-state index >= 15 is 0 Å². The summed E-state index contributed by atoms with van der Waals surface area (Å²) >= 11 is 0. The van der Waals surface area contributed by atoms with E-state index in [9.17, 15) is 13.2 Å². The lowest BCUT2D eigenvalue weighted by Crippen LogP contribution is -2.32. The fourth-order valence-corrected chi connectivity index (χ4v) is 3.49. The number of sulfonamides is 1. The minimum atomic E-state index is -3.64. The van der Waals surface area contributed by atoms with Crippen molar-refractivity contribution in [3.8, 4) is 5.75 Å². The number of amides is 1. The third-order valence-corrected chi connectivity index (χ3v) is 5.58. The summed E-state index contributed by atoms with van der Waals surface area (Å²) in [5.41, 5.74) is 0.630. The highest BCUT2D eigenvalue weighted by atomic mass is 32.2. The zero-order valence-electron chi connectivity index (χ0n) is 15.0. The Bertz CT molecular complexity index is 739. The molecule has 1 saturated carbocycles. The summed E-state index contributed by atoms with van der Waals surface area (Å²) in [6, 6.07) is 4.81. The van der Waals surface area contributed by atoms with Crippen LogP contribution in [0.15, 0.2) is 29.2 Å². The van der Waals surface area contributed by atoms with E-state index in [0.29, 0.717) is 11.5 Å². The molecule has 7 heteroatoms. The van der Waals surface area contributed by atoms with Gasteiger partial charge in [0.2, 0.25) is 15.9 Å². The van der Waals surface area contributed by atoms with Gasteiger partial charge in [-0.25, -0.2) is 13.1 Å². The summed E-state index contributed by atoms with van der Waals surface area (Å²) in [5, 5.41) is 0. The molecule has 0 saturated heterocycles. The quantitative estimate of drug-likeness (QED) is 0.680. The van der Waals surface area contributed by atoms with Gasteiger partial charge in [-0.1, -0.05) is 13.0 Å². The Morgan fingerprint density at radius 1 is 1.40 bits per heavy atom. The lowest BCUT2D eigenvalue weighted by molar-refractivity contribution is -0.126. The van der Waals surface area contributed by atoms with Gasteiger partial charge in [-0.15, -0.1) is 0 Å². The third-order valence-electron chi connectivity index (χ3n) is 4.14. The second kappa shape index (κ2) is 8.49. The molecule has 0 aromatic heterocycles. The van der Waals surface area contributed by atoms with Crippen molar-refractivity contribution in [3.63, 3.8) is 0 Å². The van der Waals surface area contributed by atoms with E-state index in [4.69, 9.17) is 4.74 Å². The number of carbonyl (C=O) groups excluding carboxylic acids is 1. The number of carbonyl (C=O) groups is 1. The van der Waals surface area contributed by atoms with Crippen LogP contribution in [0.5, 0.6) is 5.75 Å². The van der Waals surface area contributed by atoms with Crippen molar-refractivity contribution in [2.75, 3.05) is 27.2 Å². The highest BCUT2D eigenvalue weighted by molar-refractivity contribution is 7.89. The Balaban J connectivity index is 2.19. The highest BCUT2D eigenvalue weighted by Crippen LogP contribution is 2.30. The molecule has 0 unspecified atom stereocenters. The molecule has 0 radical (unpaired) electrons. The second-order valence-electron chi connectivity index (χ2n) is 6.18. The van der Waals surface area contributed by atoms with Crippen molar-refractivity contribution in [2.45, 2.75) is 31.1 Å². The number of methoxy groups -OCH3 is 1. The number of rotatable bonds is 9. The van der Waals surface area contributed by atoms with Gasteiger partial charge in [0.25, 0.3) is 0 Å². The van der Waals surface area contributed by atoms with Crippen molar-refractivity contribution in [3.05, 3.63) is 29.8 Å². The molecule has 0 atom stereocenters. The summed E-state index contributed by atoms with van der Waals surface area (Å²) in [4.78, 5) is 14.3. The monoisotopic (exact) mass is 366 g/mol. The molecular weight excluding hydrogens is 340 g/mol. The molecule has 1 aromatic rings. The maximum absolute atomic E-state index is 12.4. The smallest absolute Gasteiger partial charge is 0.246 e. The first-order chi connectivity index (χ1) is 11.9. The van der Waals surface area contributed by atoms with Crippen LogP contribution in [0, 0.1) is 5.92 Å². The number of nitrogens with one attached hydrogen (secondary N) is 1. The third kappa shape index (κ3) is 5.31. The van der Waals surface area contributed by atoms with Gasteiger partial charge in [0.05, 0.1) is 7.11 Å². The predicted molar refractivity (Wildman–Crippen MR) is 97.9 cm³/mol. The largest absolute Gasteiger partial charge is 0.495 e. The zero-order valence-corrected chi connectivity index (χ0v) is 15.8. The average molecular weight is 366 g/mol. The van der Waals surface area contributed by atoms with Crippen LogP contribution >= 0.6 is 0 Å². The first-order valence-corrected chi connectivity index (χ1v) is 9.98. The highest BCUT2D eigenvalue weighted by Gasteiger charge is 2.25. The topological polar surface area (TPSA) is 75.7 Å². The van der Waals surface area contributed by atoms with Gasteiger partial charge in [0, 0.05) is 19.2 Å². The Morgan fingerprint density at radius 3 is 2.68 bits per heavy atom. The Hall–Kier alpha value is -1.86. The Morgan fingerprint density at radius 2 is 2.12 bits per heavy atom. The van der Waals surface area contributed by atoms with Crippen LogP contribution in [0.3, 0.4) is 0 Å². The van der Waals surface area contributed by atoms with E-state index in [-0.39, 0.29) is 16.6 Å². The fraction of sp³-hybridized carbons (Fsp3) is 0.500. The normalized spacial score (nSPS) is 14.7. The number of ether oxygens (including phenoxy) is 1. The SMILES string of the molecule is CCCN(CC1CC1)C(=O)C=Cc1ccc(OC)c(S(=O)(=O)NC)c1. The van der Waals surface area contributed by atoms with Gasteiger partial charge in [-0.2, -0.15) is 0 Å². The molecule has 0 heterocycles. The van der Waals surface area contributed by atoms with E-state index < -0.39 is 10.0 Å². The van der Waals surface area contributed by atoms with Gasteiger partial charge >= 0.3 is 0 Å². The van der Waals surface area contributed by atoms with Crippen LogP contribution < -0.4 is 9.46 Å². The van der Waals surface area contributed by atoms with Gasteiger partial charge in [-0.3, -0.25) is 4.79 Å². The molecule has 0 bridgehead atoms. The van der Waals surface area contributed by atoms with E-state index in [1.54, 1.807) is 18.2 Å². The standard InChI is InChI=1S/C18H26N2O4S/c1-4-11-20(13-15-5-6-15)18(21)10-8-14-7-9-16(24-3)17(12-14)25(22,23)19-2/h7-10,12,15,19H,4-6,11,13H2,1-3H3. The second-order valence-corrected chi connectivity index (χ2v) is 8.03. The molecule has 1 amide bonds. The van der Waals surface area contributed by atoms with Crippen molar-refractivity contribution in [1.82, 2.24) is 9.62 Å². The van der Waals surface area contributed by atoms with E-state index in [1.807, 2.05) is 4.90 Å².